The van der Waals surface area contributed by atoms with Crippen LogP contribution in [0.25, 0.3) is 88.4 Å². The summed E-state index contributed by atoms with van der Waals surface area (Å²) in [4.78, 5) is 0. The number of para-hydroxylation sites is 2. The van der Waals surface area contributed by atoms with Crippen molar-refractivity contribution in [2.75, 3.05) is 0 Å². The Hall–Kier alpha value is -9.19. The SMILES string of the molecule is N#Cc1cc(C#N)cc(-c2ccc3c4ccccc4n(-c4ccc(-c5cccc(C#N)c5)c(-n5c6ccccc6c6ccc(-c7cc(C#N)cc(C#N)c7)cc65)c4)c3c2)c1. The van der Waals surface area contributed by atoms with Gasteiger partial charge in [0.1, 0.15) is 0 Å². The van der Waals surface area contributed by atoms with Crippen molar-refractivity contribution in [3.63, 3.8) is 0 Å². The fraction of sp³-hybridized carbons (Fsp3) is 0. The van der Waals surface area contributed by atoms with E-state index in [0.717, 1.165) is 88.4 Å². The van der Waals surface area contributed by atoms with Crippen LogP contribution in [0, 0.1) is 56.7 Å². The number of aromatic nitrogens is 2. The molecular formula is C53H27N7. The molecule has 60 heavy (non-hydrogen) atoms. The van der Waals surface area contributed by atoms with Gasteiger partial charge in [-0.3, -0.25) is 0 Å². The number of nitrogens with zero attached hydrogens (tertiary/aromatic N) is 7. The van der Waals surface area contributed by atoms with Crippen LogP contribution in [0.2, 0.25) is 0 Å². The van der Waals surface area contributed by atoms with Gasteiger partial charge in [-0.05, 0) is 113 Å². The summed E-state index contributed by atoms with van der Waals surface area (Å²) in [6.45, 7) is 0. The van der Waals surface area contributed by atoms with Gasteiger partial charge in [0.15, 0.2) is 0 Å². The predicted molar refractivity (Wildman–Crippen MR) is 235 cm³/mol. The normalized spacial score (nSPS) is 10.9. The molecule has 8 aromatic carbocycles. The van der Waals surface area contributed by atoms with E-state index in [0.29, 0.717) is 27.8 Å². The molecule has 0 fully saturated rings. The molecule has 0 spiro atoms. The molecule has 0 aliphatic heterocycles. The van der Waals surface area contributed by atoms with Crippen molar-refractivity contribution >= 4 is 43.6 Å². The van der Waals surface area contributed by atoms with Gasteiger partial charge in [-0.15, -0.1) is 0 Å². The second kappa shape index (κ2) is 14.1. The lowest BCUT2D eigenvalue weighted by atomic mass is 9.98. The minimum absolute atomic E-state index is 0.412. The molecule has 0 radical (unpaired) electrons. The van der Waals surface area contributed by atoms with Crippen LogP contribution in [-0.4, -0.2) is 9.13 Å². The monoisotopic (exact) mass is 761 g/mol. The number of nitriles is 5. The molecule has 0 aliphatic rings. The first-order valence-corrected chi connectivity index (χ1v) is 19.1. The van der Waals surface area contributed by atoms with E-state index in [1.807, 2.05) is 78.9 Å². The zero-order chi connectivity index (χ0) is 40.9. The van der Waals surface area contributed by atoms with Crippen LogP contribution in [0.5, 0.6) is 0 Å². The van der Waals surface area contributed by atoms with Gasteiger partial charge in [0.25, 0.3) is 0 Å². The van der Waals surface area contributed by atoms with Crippen LogP contribution < -0.4 is 0 Å². The first-order valence-electron chi connectivity index (χ1n) is 19.1. The van der Waals surface area contributed by atoms with Gasteiger partial charge in [-0.1, -0.05) is 78.9 Å². The van der Waals surface area contributed by atoms with Crippen molar-refractivity contribution in [2.45, 2.75) is 0 Å². The Morgan fingerprint density at radius 3 is 1.30 bits per heavy atom. The number of hydrogen-bond donors (Lipinski definition) is 0. The minimum atomic E-state index is 0.412. The van der Waals surface area contributed by atoms with E-state index < -0.39 is 0 Å². The molecule has 7 heteroatoms. The Labute approximate surface area is 344 Å². The topological polar surface area (TPSA) is 129 Å². The average molecular weight is 762 g/mol. The van der Waals surface area contributed by atoms with Crippen LogP contribution in [0.1, 0.15) is 27.8 Å². The van der Waals surface area contributed by atoms with Gasteiger partial charge in [0.05, 0.1) is 85.9 Å². The largest absolute Gasteiger partial charge is 0.309 e. The van der Waals surface area contributed by atoms with E-state index in [-0.39, 0.29) is 0 Å². The summed E-state index contributed by atoms with van der Waals surface area (Å²) >= 11 is 0. The number of hydrogen-bond acceptors (Lipinski definition) is 5. The Morgan fingerprint density at radius 2 is 0.767 bits per heavy atom. The molecule has 0 amide bonds. The maximum absolute atomic E-state index is 9.96. The lowest BCUT2D eigenvalue weighted by Gasteiger charge is -2.18. The van der Waals surface area contributed by atoms with Crippen LogP contribution in [0.4, 0.5) is 0 Å². The van der Waals surface area contributed by atoms with Gasteiger partial charge >= 0.3 is 0 Å². The van der Waals surface area contributed by atoms with Crippen molar-refractivity contribution in [1.29, 1.82) is 26.3 Å². The van der Waals surface area contributed by atoms with Gasteiger partial charge in [0.2, 0.25) is 0 Å². The standard InChI is InChI=1S/C53H27N7/c54-28-33-6-5-7-40(20-33)44-17-14-43(59-49-10-3-1-8-45(49)47-15-12-38(25-51(47)59)41-21-34(29-55)18-35(22-41)30-56)27-53(44)60-50-11-4-2-9-46(50)48-16-13-39(26-52(48)60)42-23-36(31-57)19-37(24-42)32-58/h1-27H. The van der Waals surface area contributed by atoms with Gasteiger partial charge in [-0.25, -0.2) is 0 Å². The summed E-state index contributed by atoms with van der Waals surface area (Å²) < 4.78 is 4.52. The van der Waals surface area contributed by atoms with Crippen molar-refractivity contribution in [3.8, 4) is 75.1 Å². The summed E-state index contributed by atoms with van der Waals surface area (Å²) in [7, 11) is 0. The predicted octanol–water partition coefficient (Wildman–Crippen LogP) is 12.2. The quantitative estimate of drug-likeness (QED) is 0.172. The smallest absolute Gasteiger partial charge is 0.0992 e. The molecule has 0 bridgehead atoms. The highest BCUT2D eigenvalue weighted by atomic mass is 15.0. The highest BCUT2D eigenvalue weighted by Crippen LogP contribution is 2.41. The Morgan fingerprint density at radius 1 is 0.300 bits per heavy atom. The van der Waals surface area contributed by atoms with Crippen molar-refractivity contribution in [2.24, 2.45) is 0 Å². The first kappa shape index (κ1) is 35.2. The van der Waals surface area contributed by atoms with E-state index in [1.165, 1.54) is 0 Å². The molecule has 0 N–H and O–H groups in total. The molecule has 0 atom stereocenters. The second-order valence-corrected chi connectivity index (χ2v) is 14.6. The third-order valence-corrected chi connectivity index (χ3v) is 11.2. The maximum atomic E-state index is 9.96. The molecule has 0 saturated heterocycles. The molecule has 2 heterocycles. The summed E-state index contributed by atoms with van der Waals surface area (Å²) in [6.07, 6.45) is 0. The fourth-order valence-electron chi connectivity index (χ4n) is 8.53. The highest BCUT2D eigenvalue weighted by molar-refractivity contribution is 6.12. The first-order chi connectivity index (χ1) is 29.5. The fourth-order valence-corrected chi connectivity index (χ4v) is 8.53. The minimum Gasteiger partial charge on any atom is -0.309 e. The zero-order valence-electron chi connectivity index (χ0n) is 31.7. The lowest BCUT2D eigenvalue weighted by molar-refractivity contribution is 1.14. The molecule has 274 valence electrons. The maximum Gasteiger partial charge on any atom is 0.0992 e. The lowest BCUT2D eigenvalue weighted by Crippen LogP contribution is -2.01. The second-order valence-electron chi connectivity index (χ2n) is 14.6. The summed E-state index contributed by atoms with van der Waals surface area (Å²) in [5.74, 6) is 0. The average Bonchev–Trinajstić information content (AvgIpc) is 3.83. The van der Waals surface area contributed by atoms with E-state index >= 15 is 0 Å². The molecule has 0 saturated carbocycles. The van der Waals surface area contributed by atoms with E-state index in [1.54, 1.807) is 18.2 Å². The molecular weight excluding hydrogens is 735 g/mol. The third kappa shape index (κ3) is 5.71. The van der Waals surface area contributed by atoms with Crippen LogP contribution >= 0.6 is 0 Å². The molecule has 7 nitrogen and oxygen atoms in total. The van der Waals surface area contributed by atoms with Gasteiger partial charge < -0.3 is 9.13 Å². The third-order valence-electron chi connectivity index (χ3n) is 11.2. The summed E-state index contributed by atoms with van der Waals surface area (Å²) in [5, 5.41) is 53.3. The zero-order valence-corrected chi connectivity index (χ0v) is 31.7. The van der Waals surface area contributed by atoms with Gasteiger partial charge in [-0.2, -0.15) is 26.3 Å². The molecule has 10 aromatic rings. The molecule has 0 aliphatic carbocycles. The molecule has 2 aromatic heterocycles. The summed E-state index contributed by atoms with van der Waals surface area (Å²) in [6, 6.07) is 64.7. The van der Waals surface area contributed by atoms with Crippen LogP contribution in [0.3, 0.4) is 0 Å². The molecule has 0 unspecified atom stereocenters. The van der Waals surface area contributed by atoms with Gasteiger partial charge in [0, 0.05) is 32.8 Å². The Balaban J connectivity index is 1.28. The van der Waals surface area contributed by atoms with Crippen LogP contribution in [-0.2, 0) is 0 Å². The Bertz CT molecular complexity index is 3610. The highest BCUT2D eigenvalue weighted by Gasteiger charge is 2.20. The summed E-state index contributed by atoms with van der Waals surface area (Å²) in [5.41, 5.74) is 13.0. The van der Waals surface area contributed by atoms with Crippen molar-refractivity contribution < 1.29 is 0 Å². The number of benzene rings is 8. The van der Waals surface area contributed by atoms with Crippen LogP contribution in [0.15, 0.2) is 164 Å². The van der Waals surface area contributed by atoms with Crippen molar-refractivity contribution in [3.05, 3.63) is 192 Å². The van der Waals surface area contributed by atoms with Crippen molar-refractivity contribution in [1.82, 2.24) is 9.13 Å². The van der Waals surface area contributed by atoms with E-state index in [2.05, 4.69) is 106 Å². The number of fused-ring (bicyclic) bond motifs is 6. The number of rotatable bonds is 5. The van der Waals surface area contributed by atoms with E-state index in [4.69, 9.17) is 0 Å². The molecule has 10 rings (SSSR count). The Kier molecular flexibility index (Phi) is 8.27. The van der Waals surface area contributed by atoms with E-state index in [9.17, 15) is 26.3 Å².